The molecule has 0 fully saturated rings. The maximum absolute atomic E-state index is 5.73. The molecule has 0 radical (unpaired) electrons. The Kier molecular flexibility index (Phi) is 4.55. The summed E-state index contributed by atoms with van der Waals surface area (Å²) in [7, 11) is 3.25. The predicted molar refractivity (Wildman–Crippen MR) is 77.7 cm³/mol. The summed E-state index contributed by atoms with van der Waals surface area (Å²) in [6.45, 7) is 2.02. The van der Waals surface area contributed by atoms with Crippen LogP contribution in [0.5, 0.6) is 11.5 Å². The van der Waals surface area contributed by atoms with Crippen molar-refractivity contribution in [2.24, 2.45) is 5.84 Å². The first-order chi connectivity index (χ1) is 9.71. The molecule has 0 saturated carbocycles. The zero-order chi connectivity index (χ0) is 14.5. The molecule has 2 aromatic rings. The minimum atomic E-state index is -0.305. The van der Waals surface area contributed by atoms with Crippen LogP contribution in [0.15, 0.2) is 36.5 Å². The summed E-state index contributed by atoms with van der Waals surface area (Å²) in [6, 6.07) is 9.31. The van der Waals surface area contributed by atoms with Gasteiger partial charge >= 0.3 is 0 Å². The van der Waals surface area contributed by atoms with Crippen LogP contribution in [0, 0.1) is 6.92 Å². The normalized spacial score (nSPS) is 12.0. The number of aryl methyl sites for hydroxylation is 1. The number of benzene rings is 1. The molecule has 1 atom stereocenters. The molecular weight excluding hydrogens is 254 g/mol. The fraction of sp³-hybridized carbons (Fsp3) is 0.267. The quantitative estimate of drug-likeness (QED) is 0.644. The fourth-order valence-corrected chi connectivity index (χ4v) is 2.19. The third-order valence-electron chi connectivity index (χ3n) is 3.16. The van der Waals surface area contributed by atoms with E-state index in [1.165, 1.54) is 0 Å². The maximum Gasteiger partial charge on any atom is 0.142 e. The summed E-state index contributed by atoms with van der Waals surface area (Å²) in [6.07, 6.45) is 1.71. The Bertz CT molecular complexity index is 587. The van der Waals surface area contributed by atoms with E-state index in [4.69, 9.17) is 15.3 Å². The largest absolute Gasteiger partial charge is 0.496 e. The predicted octanol–water partition coefficient (Wildman–Crippen LogP) is 1.96. The first-order valence-electron chi connectivity index (χ1n) is 6.30. The summed E-state index contributed by atoms with van der Waals surface area (Å²) >= 11 is 0. The topological polar surface area (TPSA) is 69.4 Å². The van der Waals surface area contributed by atoms with Gasteiger partial charge in [-0.1, -0.05) is 17.7 Å². The van der Waals surface area contributed by atoms with Crippen molar-refractivity contribution in [3.05, 3.63) is 53.3 Å². The van der Waals surface area contributed by atoms with Crippen LogP contribution in [0.25, 0.3) is 0 Å². The number of aromatic nitrogens is 1. The molecule has 5 nitrogen and oxygen atoms in total. The summed E-state index contributed by atoms with van der Waals surface area (Å²) < 4.78 is 10.8. The maximum atomic E-state index is 5.73. The van der Waals surface area contributed by atoms with E-state index in [1.54, 1.807) is 20.4 Å². The van der Waals surface area contributed by atoms with Gasteiger partial charge in [-0.15, -0.1) is 0 Å². The molecule has 0 aliphatic carbocycles. The number of nitrogens with two attached hydrogens (primary N) is 1. The van der Waals surface area contributed by atoms with Gasteiger partial charge in [-0.3, -0.25) is 10.8 Å². The van der Waals surface area contributed by atoms with Gasteiger partial charge in [-0.2, -0.15) is 0 Å². The zero-order valence-corrected chi connectivity index (χ0v) is 11.9. The van der Waals surface area contributed by atoms with Crippen molar-refractivity contribution in [2.45, 2.75) is 13.0 Å². The molecule has 0 amide bonds. The monoisotopic (exact) mass is 273 g/mol. The van der Waals surface area contributed by atoms with Crippen LogP contribution < -0.4 is 20.7 Å². The van der Waals surface area contributed by atoms with Crippen molar-refractivity contribution < 1.29 is 9.47 Å². The molecular formula is C15H19N3O2. The van der Waals surface area contributed by atoms with Gasteiger partial charge in [0.1, 0.15) is 17.2 Å². The molecule has 20 heavy (non-hydrogen) atoms. The fourth-order valence-electron chi connectivity index (χ4n) is 2.19. The Morgan fingerprint density at radius 3 is 2.55 bits per heavy atom. The first kappa shape index (κ1) is 14.3. The van der Waals surface area contributed by atoms with Gasteiger partial charge in [0.2, 0.25) is 0 Å². The number of ether oxygens (including phenoxy) is 2. The molecule has 0 saturated heterocycles. The highest BCUT2D eigenvalue weighted by Gasteiger charge is 2.21. The van der Waals surface area contributed by atoms with Gasteiger partial charge < -0.3 is 9.47 Å². The Labute approximate surface area is 118 Å². The lowest BCUT2D eigenvalue weighted by atomic mass is 10.00. The van der Waals surface area contributed by atoms with Crippen molar-refractivity contribution in [3.8, 4) is 11.5 Å². The number of pyridine rings is 1. The summed E-state index contributed by atoms with van der Waals surface area (Å²) in [5, 5.41) is 0. The van der Waals surface area contributed by atoms with Crippen LogP contribution in [0.2, 0.25) is 0 Å². The smallest absolute Gasteiger partial charge is 0.142 e. The zero-order valence-electron chi connectivity index (χ0n) is 11.9. The molecule has 5 heteroatoms. The third-order valence-corrected chi connectivity index (χ3v) is 3.16. The molecule has 0 aliphatic rings. The molecule has 1 aromatic carbocycles. The number of nitrogens with zero attached hydrogens (tertiary/aromatic N) is 1. The van der Waals surface area contributed by atoms with E-state index in [1.807, 2.05) is 37.3 Å². The van der Waals surface area contributed by atoms with Crippen molar-refractivity contribution in [1.29, 1.82) is 0 Å². The van der Waals surface area contributed by atoms with Gasteiger partial charge in [0.15, 0.2) is 0 Å². The van der Waals surface area contributed by atoms with Crippen LogP contribution in [-0.2, 0) is 0 Å². The van der Waals surface area contributed by atoms with Crippen LogP contribution in [0.4, 0.5) is 0 Å². The van der Waals surface area contributed by atoms with Crippen LogP contribution in [0.3, 0.4) is 0 Å². The average molecular weight is 273 g/mol. The van der Waals surface area contributed by atoms with Crippen molar-refractivity contribution in [3.63, 3.8) is 0 Å². The molecule has 2 rings (SSSR count). The van der Waals surface area contributed by atoms with E-state index in [-0.39, 0.29) is 6.04 Å². The highest BCUT2D eigenvalue weighted by Crippen LogP contribution is 2.33. The SMILES string of the molecule is COc1ccc(C)cc1C(NN)c1ncccc1OC. The number of hydrogen-bond donors (Lipinski definition) is 2. The van der Waals surface area contributed by atoms with E-state index in [2.05, 4.69) is 10.4 Å². The molecule has 0 bridgehead atoms. The van der Waals surface area contributed by atoms with Crippen molar-refractivity contribution in [2.75, 3.05) is 14.2 Å². The number of nitrogens with one attached hydrogen (secondary N) is 1. The van der Waals surface area contributed by atoms with E-state index in [0.717, 1.165) is 22.6 Å². The standard InChI is InChI=1S/C15H19N3O2/c1-10-6-7-12(19-2)11(9-10)14(18-16)15-13(20-3)5-4-8-17-15/h4-9,14,18H,16H2,1-3H3. The highest BCUT2D eigenvalue weighted by molar-refractivity contribution is 5.45. The summed E-state index contributed by atoms with van der Waals surface area (Å²) in [5.41, 5.74) is 5.56. The third kappa shape index (κ3) is 2.74. The van der Waals surface area contributed by atoms with E-state index < -0.39 is 0 Å². The number of hydrazine groups is 1. The Hall–Kier alpha value is -2.11. The Morgan fingerprint density at radius 1 is 1.15 bits per heavy atom. The molecule has 1 aromatic heterocycles. The van der Waals surface area contributed by atoms with Gasteiger partial charge in [-0.25, -0.2) is 5.43 Å². The second-order valence-corrected chi connectivity index (χ2v) is 4.44. The van der Waals surface area contributed by atoms with Crippen LogP contribution in [0.1, 0.15) is 22.9 Å². The van der Waals surface area contributed by atoms with E-state index in [0.29, 0.717) is 5.75 Å². The van der Waals surface area contributed by atoms with Gasteiger partial charge in [0, 0.05) is 11.8 Å². The molecule has 0 spiro atoms. The van der Waals surface area contributed by atoms with E-state index >= 15 is 0 Å². The van der Waals surface area contributed by atoms with Crippen molar-refractivity contribution >= 4 is 0 Å². The van der Waals surface area contributed by atoms with Gasteiger partial charge in [0.05, 0.1) is 20.3 Å². The minimum Gasteiger partial charge on any atom is -0.496 e. The first-order valence-corrected chi connectivity index (χ1v) is 6.30. The number of methoxy groups -OCH3 is 2. The van der Waals surface area contributed by atoms with Gasteiger partial charge in [-0.05, 0) is 25.1 Å². The summed E-state index contributed by atoms with van der Waals surface area (Å²) in [5.74, 6) is 7.17. The molecule has 1 unspecified atom stereocenters. The molecule has 106 valence electrons. The van der Waals surface area contributed by atoms with Crippen molar-refractivity contribution in [1.82, 2.24) is 10.4 Å². The van der Waals surface area contributed by atoms with Crippen LogP contribution >= 0.6 is 0 Å². The Morgan fingerprint density at radius 2 is 1.90 bits per heavy atom. The molecule has 3 N–H and O–H groups in total. The molecule has 1 heterocycles. The second-order valence-electron chi connectivity index (χ2n) is 4.44. The average Bonchev–Trinajstić information content (AvgIpc) is 2.49. The lowest BCUT2D eigenvalue weighted by molar-refractivity contribution is 0.390. The van der Waals surface area contributed by atoms with E-state index in [9.17, 15) is 0 Å². The Balaban J connectivity index is 2.55. The molecule has 0 aliphatic heterocycles. The number of hydrogen-bond acceptors (Lipinski definition) is 5. The minimum absolute atomic E-state index is 0.305. The van der Waals surface area contributed by atoms with Crippen LogP contribution in [-0.4, -0.2) is 19.2 Å². The highest BCUT2D eigenvalue weighted by atomic mass is 16.5. The lowest BCUT2D eigenvalue weighted by Crippen LogP contribution is -2.30. The van der Waals surface area contributed by atoms with Gasteiger partial charge in [0.25, 0.3) is 0 Å². The number of rotatable bonds is 5. The lowest BCUT2D eigenvalue weighted by Gasteiger charge is -2.20. The second kappa shape index (κ2) is 6.36. The summed E-state index contributed by atoms with van der Waals surface area (Å²) in [4.78, 5) is 4.38.